The van der Waals surface area contributed by atoms with Crippen molar-refractivity contribution in [3.63, 3.8) is 0 Å². The Labute approximate surface area is 70.9 Å². The minimum absolute atomic E-state index is 0.661. The second-order valence-corrected chi connectivity index (χ2v) is 2.75. The number of nitrogens with two attached hydrogens (primary N) is 1. The fourth-order valence-corrected chi connectivity index (χ4v) is 1.02. The monoisotopic (exact) mass is 173 g/mol. The van der Waals surface area contributed by atoms with Crippen molar-refractivity contribution in [2.75, 3.05) is 13.1 Å². The highest BCUT2D eigenvalue weighted by molar-refractivity contribution is 6.30. The maximum absolute atomic E-state index is 5.69. The van der Waals surface area contributed by atoms with Crippen LogP contribution in [0.15, 0.2) is 12.3 Å². The van der Waals surface area contributed by atoms with E-state index in [-0.39, 0.29) is 0 Å². The van der Waals surface area contributed by atoms with Gasteiger partial charge in [0.1, 0.15) is 0 Å². The van der Waals surface area contributed by atoms with Crippen molar-refractivity contribution in [3.05, 3.63) is 23.0 Å². The molecule has 0 bridgehead atoms. The van der Waals surface area contributed by atoms with Gasteiger partial charge < -0.3 is 16.0 Å². The van der Waals surface area contributed by atoms with Crippen LogP contribution < -0.4 is 11.1 Å². The Bertz CT molecular complexity index is 209. The van der Waals surface area contributed by atoms with Crippen LogP contribution in [0.1, 0.15) is 5.69 Å². The number of halogens is 1. The summed E-state index contributed by atoms with van der Waals surface area (Å²) in [6.07, 6.45) is 1.76. The fourth-order valence-electron chi connectivity index (χ4n) is 0.839. The molecule has 1 rings (SSSR count). The van der Waals surface area contributed by atoms with Crippen molar-refractivity contribution < 1.29 is 0 Å². The third-order valence-corrected chi connectivity index (χ3v) is 1.56. The molecule has 0 saturated carbocycles. The Morgan fingerprint density at radius 1 is 1.64 bits per heavy atom. The molecule has 11 heavy (non-hydrogen) atoms. The van der Waals surface area contributed by atoms with Gasteiger partial charge in [-0.1, -0.05) is 11.6 Å². The number of hydrogen-bond donors (Lipinski definition) is 3. The van der Waals surface area contributed by atoms with E-state index in [0.717, 1.165) is 23.8 Å². The molecule has 0 saturated heterocycles. The highest BCUT2D eigenvalue weighted by atomic mass is 35.5. The molecule has 0 aliphatic heterocycles. The van der Waals surface area contributed by atoms with Gasteiger partial charge in [-0.05, 0) is 6.07 Å². The first-order chi connectivity index (χ1) is 5.33. The molecule has 3 nitrogen and oxygen atoms in total. The fraction of sp³-hybridized carbons (Fsp3) is 0.429. The molecule has 1 aromatic heterocycles. The lowest BCUT2D eigenvalue weighted by Crippen LogP contribution is -2.21. The highest BCUT2D eigenvalue weighted by Crippen LogP contribution is 2.08. The number of rotatable bonds is 4. The first-order valence-corrected chi connectivity index (χ1v) is 3.94. The zero-order valence-electron chi connectivity index (χ0n) is 6.23. The largest absolute Gasteiger partial charge is 0.363 e. The molecule has 4 heteroatoms. The Hall–Kier alpha value is -0.510. The van der Waals surface area contributed by atoms with Gasteiger partial charge in [-0.25, -0.2) is 0 Å². The summed E-state index contributed by atoms with van der Waals surface area (Å²) in [7, 11) is 0. The van der Waals surface area contributed by atoms with Crippen LogP contribution in [-0.4, -0.2) is 18.1 Å². The van der Waals surface area contributed by atoms with Crippen LogP contribution in [0.4, 0.5) is 0 Å². The summed E-state index contributed by atoms with van der Waals surface area (Å²) in [6, 6.07) is 1.89. The Balaban J connectivity index is 2.27. The maximum Gasteiger partial charge on any atom is 0.0583 e. The molecule has 0 aliphatic carbocycles. The number of H-pyrrole nitrogens is 1. The van der Waals surface area contributed by atoms with E-state index in [9.17, 15) is 0 Å². The minimum atomic E-state index is 0.661. The molecule has 0 amide bonds. The summed E-state index contributed by atoms with van der Waals surface area (Å²) in [5, 5.41) is 3.89. The number of hydrogen-bond acceptors (Lipinski definition) is 2. The first-order valence-electron chi connectivity index (χ1n) is 3.56. The molecule has 62 valence electrons. The van der Waals surface area contributed by atoms with Crippen LogP contribution in [0.2, 0.25) is 5.02 Å². The summed E-state index contributed by atoms with van der Waals surface area (Å²) in [5.41, 5.74) is 6.39. The van der Waals surface area contributed by atoms with Gasteiger partial charge >= 0.3 is 0 Å². The van der Waals surface area contributed by atoms with E-state index in [2.05, 4.69) is 10.3 Å². The average Bonchev–Trinajstić information content (AvgIpc) is 2.37. The van der Waals surface area contributed by atoms with Gasteiger partial charge in [-0.15, -0.1) is 0 Å². The molecule has 0 unspecified atom stereocenters. The molecule has 0 radical (unpaired) electrons. The number of aromatic amines is 1. The van der Waals surface area contributed by atoms with Gasteiger partial charge in [0.15, 0.2) is 0 Å². The number of nitrogens with one attached hydrogen (secondary N) is 2. The summed E-state index contributed by atoms with van der Waals surface area (Å²) >= 11 is 5.69. The predicted molar refractivity (Wildman–Crippen MR) is 46.6 cm³/mol. The van der Waals surface area contributed by atoms with E-state index in [1.54, 1.807) is 6.20 Å². The molecule has 0 spiro atoms. The maximum atomic E-state index is 5.69. The smallest absolute Gasteiger partial charge is 0.0583 e. The van der Waals surface area contributed by atoms with Gasteiger partial charge in [-0.2, -0.15) is 0 Å². The third-order valence-electron chi connectivity index (χ3n) is 1.34. The molecule has 0 atom stereocenters. The SMILES string of the molecule is NCCNCc1cc(Cl)c[nH]1. The van der Waals surface area contributed by atoms with E-state index < -0.39 is 0 Å². The zero-order valence-corrected chi connectivity index (χ0v) is 6.99. The Kier molecular flexibility index (Phi) is 3.42. The van der Waals surface area contributed by atoms with E-state index in [0.29, 0.717) is 6.54 Å². The molecular formula is C7H12ClN3. The zero-order chi connectivity index (χ0) is 8.10. The second-order valence-electron chi connectivity index (χ2n) is 2.31. The van der Waals surface area contributed by atoms with Crippen molar-refractivity contribution in [2.24, 2.45) is 5.73 Å². The van der Waals surface area contributed by atoms with Gasteiger partial charge in [0.05, 0.1) is 5.02 Å². The first kappa shape index (κ1) is 8.59. The molecule has 0 fully saturated rings. The minimum Gasteiger partial charge on any atom is -0.363 e. The highest BCUT2D eigenvalue weighted by Gasteiger charge is 1.94. The van der Waals surface area contributed by atoms with Crippen LogP contribution in [-0.2, 0) is 6.54 Å². The van der Waals surface area contributed by atoms with Crippen molar-refractivity contribution in [2.45, 2.75) is 6.54 Å². The molecule has 1 heterocycles. The van der Waals surface area contributed by atoms with Crippen molar-refractivity contribution in [3.8, 4) is 0 Å². The summed E-state index contributed by atoms with van der Waals surface area (Å²) in [5.74, 6) is 0. The normalized spacial score (nSPS) is 10.4. The van der Waals surface area contributed by atoms with Crippen LogP contribution >= 0.6 is 11.6 Å². The van der Waals surface area contributed by atoms with Gasteiger partial charge in [0, 0.05) is 31.5 Å². The topological polar surface area (TPSA) is 53.8 Å². The quantitative estimate of drug-likeness (QED) is 0.588. The lowest BCUT2D eigenvalue weighted by Gasteiger charge is -1.98. The Morgan fingerprint density at radius 3 is 3.00 bits per heavy atom. The lowest BCUT2D eigenvalue weighted by atomic mass is 10.4. The van der Waals surface area contributed by atoms with Crippen LogP contribution in [0.25, 0.3) is 0 Å². The lowest BCUT2D eigenvalue weighted by molar-refractivity contribution is 0.685. The summed E-state index contributed by atoms with van der Waals surface area (Å²) in [6.45, 7) is 2.29. The Morgan fingerprint density at radius 2 is 2.45 bits per heavy atom. The van der Waals surface area contributed by atoms with Gasteiger partial charge in [0.2, 0.25) is 0 Å². The van der Waals surface area contributed by atoms with Crippen LogP contribution in [0.5, 0.6) is 0 Å². The second kappa shape index (κ2) is 4.38. The van der Waals surface area contributed by atoms with Gasteiger partial charge in [-0.3, -0.25) is 0 Å². The van der Waals surface area contributed by atoms with E-state index in [1.807, 2.05) is 6.07 Å². The standard InChI is InChI=1S/C7H12ClN3/c8-6-3-7(11-4-6)5-10-2-1-9/h3-4,10-11H,1-2,5,9H2. The third kappa shape index (κ3) is 2.93. The van der Waals surface area contributed by atoms with E-state index >= 15 is 0 Å². The average molecular weight is 174 g/mol. The molecule has 0 aliphatic rings. The van der Waals surface area contributed by atoms with Crippen molar-refractivity contribution in [1.29, 1.82) is 0 Å². The van der Waals surface area contributed by atoms with E-state index in [1.165, 1.54) is 0 Å². The van der Waals surface area contributed by atoms with Gasteiger partial charge in [0.25, 0.3) is 0 Å². The molecule has 4 N–H and O–H groups in total. The number of aromatic nitrogens is 1. The molecule has 0 aromatic carbocycles. The summed E-state index contributed by atoms with van der Waals surface area (Å²) < 4.78 is 0. The van der Waals surface area contributed by atoms with Crippen molar-refractivity contribution >= 4 is 11.6 Å². The molecular weight excluding hydrogens is 162 g/mol. The summed E-state index contributed by atoms with van der Waals surface area (Å²) in [4.78, 5) is 3.03. The predicted octanol–water partition coefficient (Wildman–Crippen LogP) is 0.716. The van der Waals surface area contributed by atoms with Crippen molar-refractivity contribution in [1.82, 2.24) is 10.3 Å². The molecule has 1 aromatic rings. The van der Waals surface area contributed by atoms with Crippen LogP contribution in [0.3, 0.4) is 0 Å². The van der Waals surface area contributed by atoms with Crippen LogP contribution in [0, 0.1) is 0 Å². The van der Waals surface area contributed by atoms with E-state index in [4.69, 9.17) is 17.3 Å².